The van der Waals surface area contributed by atoms with Crippen LogP contribution in [0.4, 0.5) is 0 Å². The van der Waals surface area contributed by atoms with Crippen LogP contribution >= 0.6 is 0 Å². The van der Waals surface area contributed by atoms with Crippen LogP contribution in [0, 0.1) is 5.92 Å². The fourth-order valence-electron chi connectivity index (χ4n) is 7.72. The van der Waals surface area contributed by atoms with Gasteiger partial charge in [0.15, 0.2) is 16.1 Å². The molecule has 0 aromatic rings. The molecule has 3 unspecified atom stereocenters. The SMILES string of the molecule is CC(C)CC(=O)O[C@H]1C[C@H]2O[C@@]3(CCCCCCC(C(CCCCCCOCC(COS(=O)(=O)[O-])NS(=O)(=O)[O-])OS(=O)(=O)[O-])OC(=O)CNC(=O)/C=C/CCCCC[C@H]2O3)C1. The van der Waals surface area contributed by atoms with Crippen LogP contribution in [-0.2, 0) is 77.5 Å². The van der Waals surface area contributed by atoms with Gasteiger partial charge in [-0.2, -0.15) is 0 Å². The van der Waals surface area contributed by atoms with E-state index in [2.05, 4.69) is 9.50 Å². The van der Waals surface area contributed by atoms with Gasteiger partial charge in [0.25, 0.3) is 0 Å². The Bertz CT molecular complexity index is 1760. The Hall–Kier alpha value is -2.36. The average Bonchev–Trinajstić information content (AvgIpc) is 3.40. The fourth-order valence-corrected chi connectivity index (χ4v) is 9.12. The van der Waals surface area contributed by atoms with Crippen molar-refractivity contribution in [3.8, 4) is 0 Å². The molecule has 3 heterocycles. The van der Waals surface area contributed by atoms with Crippen LogP contribution in [0.3, 0.4) is 0 Å². The molecular formula is C38H63N2O19S3-3. The highest BCUT2D eigenvalue weighted by molar-refractivity contribution is 7.83. The Balaban J connectivity index is 1.61. The van der Waals surface area contributed by atoms with Crippen molar-refractivity contribution in [3.05, 3.63) is 12.2 Å². The second-order valence-electron chi connectivity index (χ2n) is 16.4. The first-order valence-electron chi connectivity index (χ1n) is 21.3. The van der Waals surface area contributed by atoms with Gasteiger partial charge >= 0.3 is 11.9 Å². The lowest BCUT2D eigenvalue weighted by Gasteiger charge is -2.36. The summed E-state index contributed by atoms with van der Waals surface area (Å²) in [5.41, 5.74) is 0. The number of amides is 1. The van der Waals surface area contributed by atoms with E-state index in [-0.39, 0.29) is 49.6 Å². The summed E-state index contributed by atoms with van der Waals surface area (Å²) < 4.78 is 141. The number of allylic oxidation sites excluding steroid dienone is 1. The van der Waals surface area contributed by atoms with Crippen LogP contribution in [0.15, 0.2) is 12.2 Å². The molecule has 2 fully saturated rings. The van der Waals surface area contributed by atoms with Crippen LogP contribution < -0.4 is 10.0 Å². The molecule has 3 bridgehead atoms. The van der Waals surface area contributed by atoms with Gasteiger partial charge in [-0.3, -0.25) is 22.7 Å². The van der Waals surface area contributed by atoms with Crippen LogP contribution in [0.5, 0.6) is 0 Å². The number of rotatable bonds is 20. The van der Waals surface area contributed by atoms with Crippen molar-refractivity contribution in [2.75, 3.05) is 26.4 Å². The maximum atomic E-state index is 12.9. The average molecular weight is 948 g/mol. The monoisotopic (exact) mass is 947 g/mol. The van der Waals surface area contributed by atoms with E-state index in [0.29, 0.717) is 83.5 Å². The molecular weight excluding hydrogens is 885 g/mol. The number of carbonyl (C=O) groups is 3. The second kappa shape index (κ2) is 26.6. The lowest BCUT2D eigenvalue weighted by atomic mass is 9.93. The normalized spacial score (nSPS) is 26.9. The van der Waals surface area contributed by atoms with Crippen LogP contribution in [-0.4, -0.2) is 125 Å². The summed E-state index contributed by atoms with van der Waals surface area (Å²) in [5, 5.41) is 2.46. The summed E-state index contributed by atoms with van der Waals surface area (Å²) in [6.07, 6.45) is 9.89. The zero-order valence-corrected chi connectivity index (χ0v) is 37.9. The van der Waals surface area contributed by atoms with Gasteiger partial charge in [-0.25, -0.2) is 30.0 Å². The van der Waals surface area contributed by atoms with Gasteiger partial charge in [-0.15, -0.1) is 0 Å². The van der Waals surface area contributed by atoms with Crippen molar-refractivity contribution in [1.82, 2.24) is 10.0 Å². The molecule has 21 nitrogen and oxygen atoms in total. The molecule has 2 N–H and O–H groups in total. The molecule has 0 radical (unpaired) electrons. The smallest absolute Gasteiger partial charge is 0.325 e. The van der Waals surface area contributed by atoms with Crippen molar-refractivity contribution in [2.24, 2.45) is 5.92 Å². The molecule has 7 atom stereocenters. The van der Waals surface area contributed by atoms with Crippen molar-refractivity contribution >= 4 is 48.9 Å². The highest BCUT2D eigenvalue weighted by atomic mass is 32.3. The van der Waals surface area contributed by atoms with Gasteiger partial charge in [0.1, 0.15) is 24.9 Å². The predicted octanol–water partition coefficient (Wildman–Crippen LogP) is 2.82. The molecule has 3 aliphatic rings. The van der Waals surface area contributed by atoms with E-state index in [1.165, 1.54) is 6.08 Å². The first-order valence-corrected chi connectivity index (χ1v) is 25.4. The van der Waals surface area contributed by atoms with Gasteiger partial charge in [0.05, 0.1) is 31.5 Å². The van der Waals surface area contributed by atoms with E-state index in [1.54, 1.807) is 10.8 Å². The van der Waals surface area contributed by atoms with Crippen molar-refractivity contribution in [2.45, 2.75) is 178 Å². The topological polar surface area (TPSA) is 311 Å². The zero-order valence-electron chi connectivity index (χ0n) is 35.4. The number of nitrogens with one attached hydrogen (secondary N) is 2. The molecule has 24 heteroatoms. The van der Waals surface area contributed by atoms with E-state index >= 15 is 0 Å². The molecule has 360 valence electrons. The largest absolute Gasteiger partial charge is 0.735 e. The van der Waals surface area contributed by atoms with Crippen LogP contribution in [0.25, 0.3) is 0 Å². The van der Waals surface area contributed by atoms with E-state index in [9.17, 15) is 53.3 Å². The predicted molar refractivity (Wildman–Crippen MR) is 215 cm³/mol. The molecule has 2 saturated heterocycles. The number of unbranched alkanes of at least 4 members (excludes halogenated alkanes) is 3. The van der Waals surface area contributed by atoms with E-state index in [0.717, 1.165) is 25.7 Å². The zero-order chi connectivity index (χ0) is 45.8. The number of hydrogen-bond donors (Lipinski definition) is 2. The highest BCUT2D eigenvalue weighted by Crippen LogP contribution is 2.45. The van der Waals surface area contributed by atoms with Gasteiger partial charge in [-0.05, 0) is 63.4 Å². The Morgan fingerprint density at radius 1 is 0.887 bits per heavy atom. The van der Waals surface area contributed by atoms with E-state index < -0.39 is 86.8 Å². The third kappa shape index (κ3) is 23.5. The molecule has 1 amide bonds. The molecule has 0 aromatic carbocycles. The number of esters is 2. The Labute approximate surface area is 365 Å². The number of hydrogen-bond acceptors (Lipinski definition) is 19. The van der Waals surface area contributed by atoms with Crippen LogP contribution in [0.1, 0.15) is 136 Å². The van der Waals surface area contributed by atoms with Gasteiger partial charge < -0.3 is 42.7 Å². The second-order valence-corrected chi connectivity index (χ2v) is 19.6. The van der Waals surface area contributed by atoms with E-state index in [1.807, 2.05) is 13.8 Å². The third-order valence-electron chi connectivity index (χ3n) is 10.4. The minimum absolute atomic E-state index is 0.00777. The summed E-state index contributed by atoms with van der Waals surface area (Å²) in [6.45, 7) is 1.97. The number of carbonyl (C=O) groups excluding carboxylic acids is 3. The minimum atomic E-state index is -5.25. The molecule has 3 rings (SSSR count). The van der Waals surface area contributed by atoms with Gasteiger partial charge in [0.2, 0.25) is 26.7 Å². The maximum Gasteiger partial charge on any atom is 0.325 e. The standard InChI is InChI=1S/C38H66N2O19S3/c1-28(2)22-36(42)55-30-23-34-32-17-11-4-3-5-13-19-35(41)39-25-37(43)56-31(16-10-6-8-14-20-38(24-30,57-32)58-34)33(59-62(50,51)52)18-12-7-9-15-21-53-26-29(40-60(44,45)46)27-54-61(47,48)49/h13,19,28-34,40H,3-12,14-18,20-27H2,1-2H3,(H,39,41)(H,44,45,46)(H,47,48,49)(H,50,51,52)/p-3/b19-13+/t29?,30-,31?,32+,33?,34+,38-/m0/s1. The Morgan fingerprint density at radius 3 is 2.29 bits per heavy atom. The summed E-state index contributed by atoms with van der Waals surface area (Å²) in [6, 6.07) is -1.45. The molecule has 3 aliphatic heterocycles. The first kappa shape index (κ1) is 54.0. The molecule has 0 aliphatic carbocycles. The van der Waals surface area contributed by atoms with Crippen molar-refractivity contribution in [1.29, 1.82) is 0 Å². The highest BCUT2D eigenvalue weighted by Gasteiger charge is 2.53. The lowest BCUT2D eigenvalue weighted by molar-refractivity contribution is -0.223. The molecule has 62 heavy (non-hydrogen) atoms. The molecule has 0 saturated carbocycles. The van der Waals surface area contributed by atoms with Gasteiger partial charge in [0, 0.05) is 32.3 Å². The lowest BCUT2D eigenvalue weighted by Crippen LogP contribution is -2.42. The number of fused-ring (bicyclic) bond motifs is 3. The van der Waals surface area contributed by atoms with Crippen molar-refractivity contribution in [3.63, 3.8) is 0 Å². The van der Waals surface area contributed by atoms with E-state index in [4.69, 9.17) is 27.9 Å². The number of cyclic esters (lactones) is 1. The fraction of sp³-hybridized carbons (Fsp3) is 0.868. The van der Waals surface area contributed by atoms with Crippen molar-refractivity contribution < 1.29 is 85.3 Å². The molecule has 0 aromatic heterocycles. The quantitative estimate of drug-likeness (QED) is 0.0767. The third-order valence-corrected chi connectivity index (χ3v) is 11.9. The Kier molecular flexibility index (Phi) is 23.1. The van der Waals surface area contributed by atoms with Crippen LogP contribution in [0.2, 0.25) is 0 Å². The molecule has 1 spiro atoms. The summed E-state index contributed by atoms with van der Waals surface area (Å²) in [4.78, 5) is 38.0. The Morgan fingerprint density at radius 2 is 1.58 bits per heavy atom. The number of ether oxygens (including phenoxy) is 5. The maximum absolute atomic E-state index is 12.9. The summed E-state index contributed by atoms with van der Waals surface area (Å²) in [7, 11) is -15.4. The van der Waals surface area contributed by atoms with Gasteiger partial charge in [-0.1, -0.05) is 64.9 Å². The first-order chi connectivity index (χ1) is 29.1. The minimum Gasteiger partial charge on any atom is -0.735 e. The summed E-state index contributed by atoms with van der Waals surface area (Å²) >= 11 is 0. The summed E-state index contributed by atoms with van der Waals surface area (Å²) in [5.74, 6) is -2.36.